The quantitative estimate of drug-likeness (QED) is 0.384. The molecule has 1 saturated carbocycles. The van der Waals surface area contributed by atoms with Crippen LogP contribution in [0.3, 0.4) is 0 Å². The predicted octanol–water partition coefficient (Wildman–Crippen LogP) is 2.17. The molecule has 0 unspecified atom stereocenters. The first-order valence-corrected chi connectivity index (χ1v) is 7.02. The minimum Gasteiger partial charge on any atom is -0.474 e. The van der Waals surface area contributed by atoms with Crippen LogP contribution in [0.2, 0.25) is 0 Å². The highest BCUT2D eigenvalue weighted by Crippen LogP contribution is 2.37. The fraction of sp³-hybridized carbons (Fsp3) is 0.714. The van der Waals surface area contributed by atoms with Gasteiger partial charge in [0.25, 0.3) is 0 Å². The molecule has 1 heterocycles. The molecule has 1 aromatic heterocycles. The number of ether oxygens (including phenoxy) is 1. The van der Waals surface area contributed by atoms with E-state index in [0.29, 0.717) is 22.6 Å². The van der Waals surface area contributed by atoms with E-state index in [9.17, 15) is 0 Å². The van der Waals surface area contributed by atoms with E-state index in [1.807, 2.05) is 14.0 Å². The normalized spacial score (nSPS) is 20.1. The van der Waals surface area contributed by atoms with Gasteiger partial charge in [-0.1, -0.05) is 19.0 Å². The smallest absolute Gasteiger partial charge is 0.223 e. The van der Waals surface area contributed by atoms with Crippen LogP contribution in [-0.2, 0) is 7.05 Å². The van der Waals surface area contributed by atoms with Gasteiger partial charge in [-0.25, -0.2) is 4.68 Å². The number of hydrogen-bond donors (Lipinski definition) is 2. The van der Waals surface area contributed by atoms with Crippen LogP contribution in [0.5, 0.6) is 5.88 Å². The molecule has 6 nitrogen and oxygen atoms in total. The number of amidine groups is 1. The first-order chi connectivity index (χ1) is 9.34. The molecule has 1 aromatic rings. The van der Waals surface area contributed by atoms with Crippen LogP contribution in [0.25, 0.3) is 0 Å². The van der Waals surface area contributed by atoms with Crippen LogP contribution >= 0.6 is 0 Å². The summed E-state index contributed by atoms with van der Waals surface area (Å²) >= 11 is 0. The molecule has 3 N–H and O–H groups in total. The molecule has 0 radical (unpaired) electrons. The van der Waals surface area contributed by atoms with Crippen molar-refractivity contribution in [2.24, 2.45) is 23.4 Å². The Morgan fingerprint density at radius 2 is 2.05 bits per heavy atom. The Hall–Kier alpha value is -1.72. The highest BCUT2D eigenvalue weighted by molar-refractivity contribution is 6.00. The van der Waals surface area contributed by atoms with Crippen LogP contribution in [0.4, 0.5) is 0 Å². The van der Waals surface area contributed by atoms with Gasteiger partial charge in [0, 0.05) is 7.05 Å². The molecule has 6 heteroatoms. The van der Waals surface area contributed by atoms with E-state index in [2.05, 4.69) is 24.1 Å². The average molecular weight is 280 g/mol. The number of nitrogens with two attached hydrogens (primary N) is 1. The number of aromatic nitrogens is 2. The summed E-state index contributed by atoms with van der Waals surface area (Å²) in [5, 5.41) is 16.3. The van der Waals surface area contributed by atoms with E-state index >= 15 is 0 Å². The van der Waals surface area contributed by atoms with E-state index in [4.69, 9.17) is 15.7 Å². The van der Waals surface area contributed by atoms with Crippen molar-refractivity contribution in [1.82, 2.24) is 9.78 Å². The Balaban J connectivity index is 2.18. The van der Waals surface area contributed by atoms with Gasteiger partial charge in [-0.3, -0.25) is 0 Å². The molecule has 1 aliphatic rings. The number of nitrogens with zero attached hydrogens (tertiary/aromatic N) is 3. The van der Waals surface area contributed by atoms with E-state index in [1.165, 1.54) is 0 Å². The lowest BCUT2D eigenvalue weighted by molar-refractivity contribution is 0.0910. The molecule has 112 valence electrons. The first kappa shape index (κ1) is 14.7. The van der Waals surface area contributed by atoms with Crippen LogP contribution < -0.4 is 10.5 Å². The predicted molar refractivity (Wildman–Crippen MR) is 77.1 cm³/mol. The Kier molecular flexibility index (Phi) is 3.92. The maximum absolute atomic E-state index is 8.89. The SMILES string of the molecule is Cc1nn(C)c(OC2CCC(C)(C)CC2)c1C(N)=NO. The van der Waals surface area contributed by atoms with E-state index in [-0.39, 0.29) is 11.9 Å². The fourth-order valence-corrected chi connectivity index (χ4v) is 2.77. The van der Waals surface area contributed by atoms with Crippen LogP contribution in [0.1, 0.15) is 50.8 Å². The standard InChI is InChI=1S/C14H24N4O2/c1-9-11(12(15)17-19)13(18(4)16-9)20-10-5-7-14(2,3)8-6-10/h10,19H,5-8H2,1-4H3,(H2,15,17). The summed E-state index contributed by atoms with van der Waals surface area (Å²) in [6, 6.07) is 0. The van der Waals surface area contributed by atoms with Gasteiger partial charge in [0.2, 0.25) is 5.88 Å². The van der Waals surface area contributed by atoms with Gasteiger partial charge in [0.1, 0.15) is 11.7 Å². The third-order valence-corrected chi connectivity index (χ3v) is 4.10. The first-order valence-electron chi connectivity index (χ1n) is 7.02. The molecule has 0 saturated heterocycles. The molecule has 2 rings (SSSR count). The maximum atomic E-state index is 8.89. The lowest BCUT2D eigenvalue weighted by atomic mass is 9.76. The monoisotopic (exact) mass is 280 g/mol. The van der Waals surface area contributed by atoms with Gasteiger partial charge in [-0.15, -0.1) is 0 Å². The largest absolute Gasteiger partial charge is 0.474 e. The highest BCUT2D eigenvalue weighted by Gasteiger charge is 2.29. The van der Waals surface area contributed by atoms with E-state index < -0.39 is 0 Å². The minimum absolute atomic E-state index is 0.0433. The zero-order valence-electron chi connectivity index (χ0n) is 12.7. The Bertz CT molecular complexity index is 509. The average Bonchev–Trinajstić information content (AvgIpc) is 2.66. The van der Waals surface area contributed by atoms with Gasteiger partial charge in [0.05, 0.1) is 5.69 Å². The number of rotatable bonds is 3. The summed E-state index contributed by atoms with van der Waals surface area (Å²) in [6.07, 6.45) is 4.50. The molecule has 0 aromatic carbocycles. The number of oxime groups is 1. The van der Waals surface area contributed by atoms with Crippen molar-refractivity contribution in [1.29, 1.82) is 0 Å². The molecule has 0 amide bonds. The minimum atomic E-state index is 0.0433. The van der Waals surface area contributed by atoms with Crippen molar-refractivity contribution >= 4 is 5.84 Å². The van der Waals surface area contributed by atoms with Crippen molar-refractivity contribution in [2.75, 3.05) is 0 Å². The van der Waals surface area contributed by atoms with Gasteiger partial charge in [0.15, 0.2) is 5.84 Å². The molecule has 20 heavy (non-hydrogen) atoms. The van der Waals surface area contributed by atoms with Gasteiger partial charge in [-0.2, -0.15) is 5.10 Å². The number of hydrogen-bond acceptors (Lipinski definition) is 4. The fourth-order valence-electron chi connectivity index (χ4n) is 2.77. The summed E-state index contributed by atoms with van der Waals surface area (Å²) in [5.41, 5.74) is 7.41. The van der Waals surface area contributed by atoms with Gasteiger partial charge >= 0.3 is 0 Å². The number of aryl methyl sites for hydroxylation is 2. The lowest BCUT2D eigenvalue weighted by Gasteiger charge is -2.34. The lowest BCUT2D eigenvalue weighted by Crippen LogP contribution is -2.29. The maximum Gasteiger partial charge on any atom is 0.223 e. The molecule has 0 spiro atoms. The van der Waals surface area contributed by atoms with Gasteiger partial charge < -0.3 is 15.7 Å². The van der Waals surface area contributed by atoms with Crippen LogP contribution in [-0.4, -0.2) is 26.9 Å². The van der Waals surface area contributed by atoms with Crippen LogP contribution in [0, 0.1) is 12.3 Å². The molecular weight excluding hydrogens is 256 g/mol. The van der Waals surface area contributed by atoms with Crippen LogP contribution in [0.15, 0.2) is 5.16 Å². The molecule has 1 aliphatic carbocycles. The van der Waals surface area contributed by atoms with Crippen molar-refractivity contribution in [3.8, 4) is 5.88 Å². The molecule has 0 atom stereocenters. The summed E-state index contributed by atoms with van der Waals surface area (Å²) in [6.45, 7) is 6.41. The van der Waals surface area contributed by atoms with Gasteiger partial charge in [-0.05, 0) is 38.0 Å². The molecule has 0 aliphatic heterocycles. The van der Waals surface area contributed by atoms with Crippen molar-refractivity contribution in [3.05, 3.63) is 11.3 Å². The second-order valence-corrected chi connectivity index (χ2v) is 6.36. The second-order valence-electron chi connectivity index (χ2n) is 6.36. The topological polar surface area (TPSA) is 85.7 Å². The second kappa shape index (κ2) is 5.34. The Labute approximate surface area is 119 Å². The Morgan fingerprint density at radius 1 is 1.45 bits per heavy atom. The molecule has 1 fully saturated rings. The Morgan fingerprint density at radius 3 is 2.60 bits per heavy atom. The third-order valence-electron chi connectivity index (χ3n) is 4.10. The molecule has 0 bridgehead atoms. The third kappa shape index (κ3) is 2.89. The van der Waals surface area contributed by atoms with E-state index in [1.54, 1.807) is 4.68 Å². The molecular formula is C14H24N4O2. The summed E-state index contributed by atoms with van der Waals surface area (Å²) in [5.74, 6) is 0.629. The van der Waals surface area contributed by atoms with Crippen molar-refractivity contribution in [2.45, 2.75) is 52.6 Å². The summed E-state index contributed by atoms with van der Waals surface area (Å²) in [4.78, 5) is 0. The van der Waals surface area contributed by atoms with Crippen molar-refractivity contribution < 1.29 is 9.94 Å². The highest BCUT2D eigenvalue weighted by atomic mass is 16.5. The van der Waals surface area contributed by atoms with Crippen molar-refractivity contribution in [3.63, 3.8) is 0 Å². The van der Waals surface area contributed by atoms with E-state index in [0.717, 1.165) is 25.7 Å². The zero-order chi connectivity index (χ0) is 14.9. The summed E-state index contributed by atoms with van der Waals surface area (Å²) in [7, 11) is 1.81. The summed E-state index contributed by atoms with van der Waals surface area (Å²) < 4.78 is 7.74. The zero-order valence-corrected chi connectivity index (χ0v) is 12.7.